The topological polar surface area (TPSA) is 54.7 Å². The Hall–Kier alpha value is -1.29. The highest BCUT2D eigenvalue weighted by atomic mass is 32.1. The standard InChI is InChI=1S/C8H9N3S/c1-5-4-6(11-10-5)7-2-3-8(9)12-7/h2-4H,9H2,1H3,(H,10,11). The van der Waals surface area contributed by atoms with Crippen LogP contribution in [0.2, 0.25) is 0 Å². The number of thiophene rings is 1. The molecule has 0 atom stereocenters. The number of aromatic amines is 1. The number of anilines is 1. The van der Waals surface area contributed by atoms with E-state index in [2.05, 4.69) is 10.2 Å². The largest absolute Gasteiger partial charge is 0.391 e. The lowest BCUT2D eigenvalue weighted by Gasteiger charge is -1.84. The van der Waals surface area contributed by atoms with E-state index in [0.29, 0.717) is 0 Å². The van der Waals surface area contributed by atoms with Gasteiger partial charge in [0.2, 0.25) is 0 Å². The summed E-state index contributed by atoms with van der Waals surface area (Å²) in [4.78, 5) is 1.11. The Balaban J connectivity index is 2.43. The second-order valence-corrected chi connectivity index (χ2v) is 3.75. The molecule has 0 spiro atoms. The SMILES string of the molecule is Cc1cc(-c2ccc(N)s2)n[nH]1. The Morgan fingerprint density at radius 3 is 2.83 bits per heavy atom. The predicted octanol–water partition coefficient (Wildman–Crippen LogP) is 2.03. The number of nitrogens with zero attached hydrogens (tertiary/aromatic N) is 1. The molecule has 0 aliphatic carbocycles. The van der Waals surface area contributed by atoms with Crippen LogP contribution in [0.1, 0.15) is 5.69 Å². The lowest BCUT2D eigenvalue weighted by atomic mass is 10.3. The van der Waals surface area contributed by atoms with Gasteiger partial charge in [-0.05, 0) is 25.1 Å². The highest BCUT2D eigenvalue weighted by Gasteiger charge is 2.03. The first-order valence-electron chi connectivity index (χ1n) is 3.63. The molecule has 0 bridgehead atoms. The minimum absolute atomic E-state index is 0.825. The lowest BCUT2D eigenvalue weighted by molar-refractivity contribution is 1.05. The summed E-state index contributed by atoms with van der Waals surface area (Å²) in [5, 5.41) is 7.85. The fourth-order valence-corrected chi connectivity index (χ4v) is 1.77. The van der Waals surface area contributed by atoms with Crippen molar-refractivity contribution in [1.82, 2.24) is 10.2 Å². The number of nitrogens with one attached hydrogen (secondary N) is 1. The lowest BCUT2D eigenvalue weighted by Crippen LogP contribution is -1.73. The molecular weight excluding hydrogens is 170 g/mol. The predicted molar refractivity (Wildman–Crippen MR) is 51.1 cm³/mol. The van der Waals surface area contributed by atoms with E-state index >= 15 is 0 Å². The molecule has 0 aliphatic rings. The van der Waals surface area contributed by atoms with Crippen LogP contribution < -0.4 is 5.73 Å². The van der Waals surface area contributed by atoms with Crippen LogP contribution in [-0.2, 0) is 0 Å². The maximum atomic E-state index is 5.60. The van der Waals surface area contributed by atoms with Crippen LogP contribution in [-0.4, -0.2) is 10.2 Å². The summed E-state index contributed by atoms with van der Waals surface area (Å²) >= 11 is 1.55. The first-order chi connectivity index (χ1) is 5.75. The van der Waals surface area contributed by atoms with E-state index in [-0.39, 0.29) is 0 Å². The number of rotatable bonds is 1. The van der Waals surface area contributed by atoms with Gasteiger partial charge < -0.3 is 5.73 Å². The van der Waals surface area contributed by atoms with E-state index in [4.69, 9.17) is 5.73 Å². The third-order valence-corrected chi connectivity index (χ3v) is 2.52. The van der Waals surface area contributed by atoms with Gasteiger partial charge in [-0.15, -0.1) is 11.3 Å². The van der Waals surface area contributed by atoms with Crippen LogP contribution in [0.3, 0.4) is 0 Å². The van der Waals surface area contributed by atoms with Crippen molar-refractivity contribution in [3.63, 3.8) is 0 Å². The molecule has 4 heteroatoms. The Kier molecular flexibility index (Phi) is 1.62. The van der Waals surface area contributed by atoms with E-state index in [9.17, 15) is 0 Å². The summed E-state index contributed by atoms with van der Waals surface area (Å²) in [5.74, 6) is 0. The van der Waals surface area contributed by atoms with Gasteiger partial charge in [0.25, 0.3) is 0 Å². The molecule has 0 aliphatic heterocycles. The van der Waals surface area contributed by atoms with E-state index in [1.807, 2.05) is 25.1 Å². The molecule has 0 saturated heterocycles. The summed E-state index contributed by atoms with van der Waals surface area (Å²) in [6.07, 6.45) is 0. The number of H-pyrrole nitrogens is 1. The molecule has 2 aromatic rings. The van der Waals surface area contributed by atoms with E-state index in [0.717, 1.165) is 21.3 Å². The normalized spacial score (nSPS) is 10.4. The molecule has 0 amide bonds. The minimum Gasteiger partial charge on any atom is -0.391 e. The van der Waals surface area contributed by atoms with Crippen LogP contribution in [0.5, 0.6) is 0 Å². The van der Waals surface area contributed by atoms with Crippen molar-refractivity contribution in [3.05, 3.63) is 23.9 Å². The number of aromatic nitrogens is 2. The molecule has 0 fully saturated rings. The van der Waals surface area contributed by atoms with Gasteiger partial charge in [0, 0.05) is 5.69 Å². The maximum absolute atomic E-state index is 5.60. The highest BCUT2D eigenvalue weighted by molar-refractivity contribution is 7.19. The second-order valence-electron chi connectivity index (χ2n) is 2.64. The Bertz CT molecular complexity index is 350. The number of nitrogen functional groups attached to an aromatic ring is 1. The molecule has 3 N–H and O–H groups in total. The summed E-state index contributed by atoms with van der Waals surface area (Å²) in [6.45, 7) is 1.98. The smallest absolute Gasteiger partial charge is 0.102 e. The van der Waals surface area contributed by atoms with Gasteiger partial charge in [-0.1, -0.05) is 0 Å². The van der Waals surface area contributed by atoms with Gasteiger partial charge in [-0.3, -0.25) is 5.10 Å². The molecule has 0 aromatic carbocycles. The Labute approximate surface area is 74.2 Å². The first kappa shape index (κ1) is 7.36. The van der Waals surface area contributed by atoms with Crippen molar-refractivity contribution in [1.29, 1.82) is 0 Å². The van der Waals surface area contributed by atoms with E-state index in [1.54, 1.807) is 11.3 Å². The Morgan fingerprint density at radius 2 is 2.33 bits per heavy atom. The van der Waals surface area contributed by atoms with Crippen LogP contribution in [0, 0.1) is 6.92 Å². The molecule has 0 radical (unpaired) electrons. The van der Waals surface area contributed by atoms with Gasteiger partial charge in [-0.25, -0.2) is 0 Å². The molecule has 0 saturated carbocycles. The Morgan fingerprint density at radius 1 is 1.50 bits per heavy atom. The third-order valence-electron chi connectivity index (χ3n) is 1.59. The number of nitrogens with two attached hydrogens (primary N) is 1. The molecule has 2 aromatic heterocycles. The van der Waals surface area contributed by atoms with Crippen LogP contribution in [0.15, 0.2) is 18.2 Å². The quantitative estimate of drug-likeness (QED) is 0.703. The number of hydrogen-bond donors (Lipinski definition) is 2. The molecule has 62 valence electrons. The van der Waals surface area contributed by atoms with Crippen molar-refractivity contribution in [3.8, 4) is 10.6 Å². The van der Waals surface area contributed by atoms with Gasteiger partial charge in [0.05, 0.1) is 9.88 Å². The number of aryl methyl sites for hydroxylation is 1. The van der Waals surface area contributed by atoms with Crippen molar-refractivity contribution in [2.24, 2.45) is 0 Å². The van der Waals surface area contributed by atoms with Crippen LogP contribution in [0.4, 0.5) is 5.00 Å². The van der Waals surface area contributed by atoms with Crippen molar-refractivity contribution < 1.29 is 0 Å². The van der Waals surface area contributed by atoms with Crippen molar-refractivity contribution in [2.75, 3.05) is 5.73 Å². The average molecular weight is 179 g/mol. The summed E-state index contributed by atoms with van der Waals surface area (Å²) in [5.41, 5.74) is 7.64. The maximum Gasteiger partial charge on any atom is 0.102 e. The first-order valence-corrected chi connectivity index (χ1v) is 4.45. The zero-order valence-electron chi connectivity index (χ0n) is 6.66. The summed E-state index contributed by atoms with van der Waals surface area (Å²) in [7, 11) is 0. The molecular formula is C8H9N3S. The van der Waals surface area contributed by atoms with Crippen molar-refractivity contribution in [2.45, 2.75) is 6.92 Å². The zero-order chi connectivity index (χ0) is 8.55. The molecule has 2 heterocycles. The molecule has 3 nitrogen and oxygen atoms in total. The molecule has 2 rings (SSSR count). The monoisotopic (exact) mass is 179 g/mol. The minimum atomic E-state index is 0.825. The van der Waals surface area contributed by atoms with Crippen LogP contribution >= 0.6 is 11.3 Å². The fraction of sp³-hybridized carbons (Fsp3) is 0.125. The van der Waals surface area contributed by atoms with E-state index in [1.165, 1.54) is 0 Å². The van der Waals surface area contributed by atoms with E-state index < -0.39 is 0 Å². The van der Waals surface area contributed by atoms with Gasteiger partial charge in [0.1, 0.15) is 5.69 Å². The van der Waals surface area contributed by atoms with Gasteiger partial charge >= 0.3 is 0 Å². The number of hydrogen-bond acceptors (Lipinski definition) is 3. The second kappa shape index (κ2) is 2.64. The zero-order valence-corrected chi connectivity index (χ0v) is 7.48. The average Bonchev–Trinajstić information content (AvgIpc) is 2.58. The van der Waals surface area contributed by atoms with Crippen LogP contribution in [0.25, 0.3) is 10.6 Å². The third kappa shape index (κ3) is 1.21. The summed E-state index contributed by atoms with van der Waals surface area (Å²) in [6, 6.07) is 5.88. The molecule has 0 unspecified atom stereocenters. The fourth-order valence-electron chi connectivity index (χ4n) is 1.03. The van der Waals surface area contributed by atoms with Gasteiger partial charge in [0.15, 0.2) is 0 Å². The molecule has 12 heavy (non-hydrogen) atoms. The van der Waals surface area contributed by atoms with Crippen molar-refractivity contribution >= 4 is 16.3 Å². The highest BCUT2D eigenvalue weighted by Crippen LogP contribution is 2.27. The summed E-state index contributed by atoms with van der Waals surface area (Å²) < 4.78 is 0. The van der Waals surface area contributed by atoms with Gasteiger partial charge in [-0.2, -0.15) is 5.10 Å².